The van der Waals surface area contributed by atoms with Crippen LogP contribution in [0.25, 0.3) is 83.6 Å². The van der Waals surface area contributed by atoms with Gasteiger partial charge in [-0.1, -0.05) is 188 Å². The standard InChI is InChI=1S/C50H49N2OSi.C17H22NSi.Ir/c1-32(2)43-29-39(36-21-19-35(20-22-36)37-25-27-54(5,6)28-26-37)30-44(33(3)4)48(43)52-46-18-11-10-17-45(46)51-50(52)42-16-12-15-41-40-24-23-38(31-47(40)53-49(41)42)34-13-8-7-9-14-34;1-13(2)15-11-16(14-9-7-6-8-10-14)18-12-17(15)19(3,4)5;/h7-15,17-24,29-33,37H,25-28H2,1-6H3;6-9,11-13H,1-5H3;/q2*-1;/i;13D;. The molecule has 0 aliphatic carbocycles. The third-order valence-electron chi connectivity index (χ3n) is 15.3. The number of para-hydroxylation sites is 2. The van der Waals surface area contributed by atoms with E-state index in [2.05, 4.69) is 203 Å². The van der Waals surface area contributed by atoms with Crippen molar-refractivity contribution in [1.82, 2.24) is 14.5 Å². The molecule has 0 saturated carbocycles. The molecular formula is C67H71IrN3OSi2-2. The average molecular weight is 1180 g/mol. The van der Waals surface area contributed by atoms with Crippen molar-refractivity contribution in [2.75, 3.05) is 0 Å². The number of hydrogen-bond acceptors (Lipinski definition) is 3. The van der Waals surface area contributed by atoms with E-state index in [4.69, 9.17) is 10.8 Å². The molecular weight excluding hydrogens is 1110 g/mol. The van der Waals surface area contributed by atoms with E-state index in [1.54, 1.807) is 0 Å². The Morgan fingerprint density at radius 1 is 0.662 bits per heavy atom. The third-order valence-corrected chi connectivity index (χ3v) is 20.6. The summed E-state index contributed by atoms with van der Waals surface area (Å²) in [5.74, 6) is 1.50. The first-order chi connectivity index (χ1) is 35.3. The zero-order valence-corrected chi connectivity index (χ0v) is 49.5. The number of pyridine rings is 1. The predicted octanol–water partition coefficient (Wildman–Crippen LogP) is 18.8. The fourth-order valence-electron chi connectivity index (χ4n) is 11.0. The van der Waals surface area contributed by atoms with E-state index in [1.165, 1.54) is 69.2 Å². The summed E-state index contributed by atoms with van der Waals surface area (Å²) in [5.41, 5.74) is 17.8. The van der Waals surface area contributed by atoms with Crippen LogP contribution in [0.1, 0.15) is 102 Å². The van der Waals surface area contributed by atoms with E-state index in [-0.39, 0.29) is 31.9 Å². The minimum atomic E-state index is -1.50. The Labute approximate surface area is 457 Å². The predicted molar refractivity (Wildman–Crippen MR) is 316 cm³/mol. The number of nitrogens with zero attached hydrogens (tertiary/aromatic N) is 3. The van der Waals surface area contributed by atoms with Crippen molar-refractivity contribution in [3.8, 4) is 50.6 Å². The molecule has 1 aliphatic rings. The van der Waals surface area contributed by atoms with Crippen molar-refractivity contribution in [3.63, 3.8) is 0 Å². The topological polar surface area (TPSA) is 43.9 Å². The van der Waals surface area contributed by atoms with Crippen LogP contribution in [0.5, 0.6) is 0 Å². The van der Waals surface area contributed by atoms with E-state index >= 15 is 0 Å². The van der Waals surface area contributed by atoms with Crippen molar-refractivity contribution < 1.29 is 25.9 Å². The van der Waals surface area contributed by atoms with Crippen molar-refractivity contribution >= 4 is 54.3 Å². The summed E-state index contributed by atoms with van der Waals surface area (Å²) in [6, 6.07) is 63.8. The minimum Gasteiger partial charge on any atom is -0.501 e. The van der Waals surface area contributed by atoms with Gasteiger partial charge in [0.15, 0.2) is 0 Å². The molecule has 0 spiro atoms. The fourth-order valence-corrected chi connectivity index (χ4v) is 15.1. The van der Waals surface area contributed by atoms with Crippen LogP contribution < -0.4 is 5.19 Å². The first-order valence-electron chi connectivity index (χ1n) is 27.0. The van der Waals surface area contributed by atoms with Gasteiger partial charge in [-0.3, -0.25) is 4.98 Å². The Balaban J connectivity index is 0.000000277. The number of rotatable bonds is 10. The summed E-state index contributed by atoms with van der Waals surface area (Å²) in [6.07, 6.45) is 4.67. The molecule has 7 aromatic carbocycles. The molecule has 0 amide bonds. The minimum absolute atomic E-state index is 0. The van der Waals surface area contributed by atoms with E-state index in [0.717, 1.165) is 66.7 Å². The van der Waals surface area contributed by atoms with Crippen LogP contribution in [0.3, 0.4) is 0 Å². The van der Waals surface area contributed by atoms with Crippen molar-refractivity contribution in [1.29, 1.82) is 0 Å². The zero-order valence-electron chi connectivity index (χ0n) is 46.2. The Kier molecular flexibility index (Phi) is 15.1. The van der Waals surface area contributed by atoms with Crippen molar-refractivity contribution in [2.45, 2.75) is 123 Å². The molecule has 11 rings (SSSR count). The maximum atomic E-state index is 8.44. The van der Waals surface area contributed by atoms with Gasteiger partial charge in [0.25, 0.3) is 0 Å². The maximum absolute atomic E-state index is 8.44. The number of imidazole rings is 1. The molecule has 3 aromatic heterocycles. The molecule has 1 fully saturated rings. The zero-order chi connectivity index (χ0) is 52.1. The van der Waals surface area contributed by atoms with Gasteiger partial charge in [-0.25, -0.2) is 0 Å². The third kappa shape index (κ3) is 10.8. The average Bonchev–Trinajstić information content (AvgIpc) is 3.97. The maximum Gasteiger partial charge on any atom is 0.121 e. The quantitative estimate of drug-likeness (QED) is 0.101. The Bertz CT molecular complexity index is 3580. The molecule has 1 saturated heterocycles. The van der Waals surface area contributed by atoms with Gasteiger partial charge < -0.3 is 14.0 Å². The van der Waals surface area contributed by atoms with Crippen molar-refractivity contribution in [3.05, 3.63) is 192 Å². The second-order valence-electron chi connectivity index (χ2n) is 23.0. The van der Waals surface area contributed by atoms with E-state index in [0.29, 0.717) is 5.92 Å². The normalized spacial score (nSPS) is 14.3. The number of hydrogen-bond donors (Lipinski definition) is 0. The number of fused-ring (bicyclic) bond motifs is 4. The van der Waals surface area contributed by atoms with Crippen LogP contribution in [0.4, 0.5) is 0 Å². The molecule has 4 heterocycles. The van der Waals surface area contributed by atoms with Gasteiger partial charge in [-0.15, -0.1) is 54.1 Å². The molecule has 0 atom stereocenters. The molecule has 4 nitrogen and oxygen atoms in total. The van der Waals surface area contributed by atoms with Gasteiger partial charge >= 0.3 is 0 Å². The fraction of sp³-hybridized carbons (Fsp3) is 0.284. The first kappa shape index (κ1) is 51.5. The van der Waals surface area contributed by atoms with E-state index < -0.39 is 22.0 Å². The van der Waals surface area contributed by atoms with Gasteiger partial charge in [-0.2, -0.15) is 0 Å². The second kappa shape index (κ2) is 21.7. The molecule has 7 heteroatoms. The van der Waals surface area contributed by atoms with Crippen molar-refractivity contribution in [2.24, 2.45) is 0 Å². The molecule has 0 bridgehead atoms. The number of benzene rings is 7. The summed E-state index contributed by atoms with van der Waals surface area (Å²) in [5, 5.41) is 3.44. The van der Waals surface area contributed by atoms with Crippen LogP contribution in [0.15, 0.2) is 162 Å². The van der Waals surface area contributed by atoms with Crippen LogP contribution >= 0.6 is 0 Å². The van der Waals surface area contributed by atoms with Gasteiger partial charge in [0.05, 0.1) is 30.5 Å². The van der Waals surface area contributed by atoms with E-state index in [1.807, 2.05) is 50.4 Å². The summed E-state index contributed by atoms with van der Waals surface area (Å²) in [4.78, 5) is 9.97. The van der Waals surface area contributed by atoms with Gasteiger partial charge in [0.1, 0.15) is 5.58 Å². The van der Waals surface area contributed by atoms with Gasteiger partial charge in [-0.05, 0) is 117 Å². The molecule has 379 valence electrons. The molecule has 74 heavy (non-hydrogen) atoms. The van der Waals surface area contributed by atoms with Gasteiger partial charge in [0.2, 0.25) is 0 Å². The summed E-state index contributed by atoms with van der Waals surface area (Å²) in [6.45, 7) is 25.2. The summed E-state index contributed by atoms with van der Waals surface area (Å²) < 4.78 is 17.6. The van der Waals surface area contributed by atoms with Crippen LogP contribution in [-0.2, 0) is 20.1 Å². The molecule has 10 aromatic rings. The van der Waals surface area contributed by atoms with Gasteiger partial charge in [0, 0.05) is 46.8 Å². The first-order valence-corrected chi connectivity index (χ1v) is 33.4. The van der Waals surface area contributed by atoms with Crippen LogP contribution in [0.2, 0.25) is 44.8 Å². The smallest absolute Gasteiger partial charge is 0.121 e. The Morgan fingerprint density at radius 2 is 1.31 bits per heavy atom. The number of aromatic nitrogens is 3. The molecule has 0 unspecified atom stereocenters. The SMILES string of the molecule is CC(C)c1cc(-c2ccc(C3CC[Si](C)(C)CC3)cc2)cc(C(C)C)c1-n1c(-c2[c-]ccc3c2oc2cc(-c4ccccc4)ccc23)nc2ccccc21.[2H]C(C)(C)c1cc(-c2[c-]cccc2)ncc1[Si](C)(C)C.[Ir]. The molecule has 1 radical (unpaired) electrons. The second-order valence-corrected chi connectivity index (χ2v) is 33.4. The Hall–Kier alpha value is -5.96. The summed E-state index contributed by atoms with van der Waals surface area (Å²) in [7, 11) is -2.49. The molecule has 1 aliphatic heterocycles. The van der Waals surface area contributed by atoms with E-state index in [9.17, 15) is 0 Å². The Morgan fingerprint density at radius 3 is 1.96 bits per heavy atom. The molecule has 0 N–H and O–H groups in total. The van der Waals surface area contributed by atoms with Crippen LogP contribution in [-0.4, -0.2) is 30.7 Å². The monoisotopic (exact) mass is 1180 g/mol. The largest absolute Gasteiger partial charge is 0.501 e. The number of furan rings is 1. The van der Waals surface area contributed by atoms with Crippen LogP contribution in [0, 0.1) is 12.1 Å². The summed E-state index contributed by atoms with van der Waals surface area (Å²) >= 11 is 0.